The van der Waals surface area contributed by atoms with Gasteiger partial charge in [-0.15, -0.1) is 0 Å². The van der Waals surface area contributed by atoms with Gasteiger partial charge < -0.3 is 9.67 Å². The van der Waals surface area contributed by atoms with E-state index >= 15 is 0 Å². The average molecular weight is 193 g/mol. The monoisotopic (exact) mass is 193 g/mol. The molecule has 2 rings (SSSR count). The first-order chi connectivity index (χ1) is 6.74. The SMILES string of the molecule is O=Cc1cc(C(=O)O)c2n1CCCC2. The van der Waals surface area contributed by atoms with E-state index in [1.807, 2.05) is 4.57 Å². The fourth-order valence-electron chi connectivity index (χ4n) is 1.99. The van der Waals surface area contributed by atoms with Crippen molar-refractivity contribution in [2.24, 2.45) is 0 Å². The van der Waals surface area contributed by atoms with Crippen molar-refractivity contribution < 1.29 is 14.7 Å². The van der Waals surface area contributed by atoms with Crippen molar-refractivity contribution in [3.8, 4) is 0 Å². The van der Waals surface area contributed by atoms with Crippen LogP contribution in [0.4, 0.5) is 0 Å². The van der Waals surface area contributed by atoms with Gasteiger partial charge in [-0.1, -0.05) is 0 Å². The fraction of sp³-hybridized carbons (Fsp3) is 0.400. The molecule has 1 N–H and O–H groups in total. The summed E-state index contributed by atoms with van der Waals surface area (Å²) in [5, 5.41) is 8.92. The number of fused-ring (bicyclic) bond motifs is 1. The maximum Gasteiger partial charge on any atom is 0.337 e. The predicted octanol–water partition coefficient (Wildman–Crippen LogP) is 1.34. The van der Waals surface area contributed by atoms with Gasteiger partial charge in [0.15, 0.2) is 6.29 Å². The molecule has 4 heteroatoms. The summed E-state index contributed by atoms with van der Waals surface area (Å²) in [5.41, 5.74) is 1.56. The second-order valence-corrected chi connectivity index (χ2v) is 3.46. The summed E-state index contributed by atoms with van der Waals surface area (Å²) in [6.45, 7) is 0.761. The highest BCUT2D eigenvalue weighted by Crippen LogP contribution is 2.22. The third-order valence-corrected chi connectivity index (χ3v) is 2.64. The molecule has 74 valence electrons. The van der Waals surface area contributed by atoms with Crippen molar-refractivity contribution in [3.05, 3.63) is 23.0 Å². The number of hydrogen-bond acceptors (Lipinski definition) is 2. The van der Waals surface area contributed by atoms with Gasteiger partial charge in [0.1, 0.15) is 0 Å². The lowest BCUT2D eigenvalue weighted by Gasteiger charge is -2.16. The summed E-state index contributed by atoms with van der Waals surface area (Å²) in [4.78, 5) is 21.6. The Hall–Kier alpha value is -1.58. The highest BCUT2D eigenvalue weighted by Gasteiger charge is 2.21. The molecule has 1 aliphatic heterocycles. The molecular formula is C10H11NO3. The molecule has 1 aliphatic rings. The summed E-state index contributed by atoms with van der Waals surface area (Å²) < 4.78 is 1.82. The molecule has 0 fully saturated rings. The van der Waals surface area contributed by atoms with Crippen molar-refractivity contribution >= 4 is 12.3 Å². The molecular weight excluding hydrogens is 182 g/mol. The predicted molar refractivity (Wildman–Crippen MR) is 49.7 cm³/mol. The lowest BCUT2D eigenvalue weighted by atomic mass is 10.1. The van der Waals surface area contributed by atoms with E-state index in [1.54, 1.807) is 0 Å². The number of hydrogen-bond donors (Lipinski definition) is 1. The van der Waals surface area contributed by atoms with Crippen LogP contribution in [0.15, 0.2) is 6.07 Å². The van der Waals surface area contributed by atoms with Crippen LogP contribution >= 0.6 is 0 Å². The third-order valence-electron chi connectivity index (χ3n) is 2.64. The van der Waals surface area contributed by atoms with Crippen molar-refractivity contribution in [1.82, 2.24) is 4.57 Å². The van der Waals surface area contributed by atoms with E-state index in [-0.39, 0.29) is 5.56 Å². The topological polar surface area (TPSA) is 59.3 Å². The molecule has 0 atom stereocenters. The zero-order valence-electron chi connectivity index (χ0n) is 7.69. The van der Waals surface area contributed by atoms with E-state index in [0.29, 0.717) is 5.69 Å². The maximum atomic E-state index is 10.9. The molecule has 0 aliphatic carbocycles. The van der Waals surface area contributed by atoms with E-state index in [4.69, 9.17) is 5.11 Å². The van der Waals surface area contributed by atoms with Crippen LogP contribution in [-0.4, -0.2) is 21.9 Å². The Morgan fingerprint density at radius 1 is 1.50 bits per heavy atom. The minimum atomic E-state index is -0.941. The number of carboxylic acid groups (broad SMARTS) is 1. The highest BCUT2D eigenvalue weighted by molar-refractivity contribution is 5.92. The molecule has 0 aromatic carbocycles. The summed E-state index contributed by atoms with van der Waals surface area (Å²) in [7, 11) is 0. The van der Waals surface area contributed by atoms with Crippen molar-refractivity contribution in [1.29, 1.82) is 0 Å². The van der Waals surface area contributed by atoms with Crippen LogP contribution in [0.25, 0.3) is 0 Å². The Morgan fingerprint density at radius 2 is 2.29 bits per heavy atom. The van der Waals surface area contributed by atoms with E-state index in [0.717, 1.165) is 37.8 Å². The summed E-state index contributed by atoms with van der Waals surface area (Å²) in [6.07, 6.45) is 3.50. The van der Waals surface area contributed by atoms with Crippen LogP contribution in [0.5, 0.6) is 0 Å². The fourth-order valence-corrected chi connectivity index (χ4v) is 1.99. The first-order valence-corrected chi connectivity index (χ1v) is 4.65. The largest absolute Gasteiger partial charge is 0.478 e. The Balaban J connectivity index is 2.57. The van der Waals surface area contributed by atoms with Gasteiger partial charge in [0, 0.05) is 12.2 Å². The first-order valence-electron chi connectivity index (χ1n) is 4.65. The van der Waals surface area contributed by atoms with E-state index in [2.05, 4.69) is 0 Å². The number of aromatic carboxylic acids is 1. The van der Waals surface area contributed by atoms with Gasteiger partial charge in [-0.3, -0.25) is 4.79 Å². The van der Waals surface area contributed by atoms with Crippen molar-refractivity contribution in [2.45, 2.75) is 25.8 Å². The average Bonchev–Trinajstić information content (AvgIpc) is 2.56. The Morgan fingerprint density at radius 3 is 2.93 bits per heavy atom. The minimum absolute atomic E-state index is 0.284. The van der Waals surface area contributed by atoms with Crippen LogP contribution < -0.4 is 0 Å². The molecule has 0 unspecified atom stereocenters. The molecule has 0 spiro atoms. The Labute approximate surface area is 81.2 Å². The second-order valence-electron chi connectivity index (χ2n) is 3.46. The van der Waals surface area contributed by atoms with Gasteiger partial charge in [0.05, 0.1) is 11.3 Å². The van der Waals surface area contributed by atoms with Crippen LogP contribution in [0.1, 0.15) is 39.4 Å². The van der Waals surface area contributed by atoms with Crippen LogP contribution in [0.2, 0.25) is 0 Å². The molecule has 1 aromatic heterocycles. The van der Waals surface area contributed by atoms with Crippen LogP contribution in [0, 0.1) is 0 Å². The molecule has 1 aromatic rings. The zero-order valence-corrected chi connectivity index (χ0v) is 7.69. The number of aromatic nitrogens is 1. The number of carbonyl (C=O) groups excluding carboxylic acids is 1. The quantitative estimate of drug-likeness (QED) is 0.721. The zero-order chi connectivity index (χ0) is 10.1. The van der Waals surface area contributed by atoms with Crippen LogP contribution in [-0.2, 0) is 13.0 Å². The van der Waals surface area contributed by atoms with Gasteiger partial charge in [0.25, 0.3) is 0 Å². The number of carboxylic acids is 1. The van der Waals surface area contributed by atoms with E-state index in [1.165, 1.54) is 6.07 Å². The molecule has 0 saturated carbocycles. The molecule has 0 radical (unpaired) electrons. The van der Waals surface area contributed by atoms with E-state index in [9.17, 15) is 9.59 Å². The Bertz CT molecular complexity index is 392. The van der Waals surface area contributed by atoms with Gasteiger partial charge in [0.2, 0.25) is 0 Å². The molecule has 0 amide bonds. The molecule has 0 saturated heterocycles. The van der Waals surface area contributed by atoms with Crippen molar-refractivity contribution in [2.75, 3.05) is 0 Å². The number of rotatable bonds is 2. The van der Waals surface area contributed by atoms with Gasteiger partial charge in [-0.25, -0.2) is 4.79 Å². The summed E-state index contributed by atoms with van der Waals surface area (Å²) >= 11 is 0. The highest BCUT2D eigenvalue weighted by atomic mass is 16.4. The lowest BCUT2D eigenvalue weighted by molar-refractivity contribution is 0.0695. The minimum Gasteiger partial charge on any atom is -0.478 e. The molecule has 0 bridgehead atoms. The second kappa shape index (κ2) is 3.29. The third kappa shape index (κ3) is 1.23. The summed E-state index contributed by atoms with van der Waals surface area (Å²) in [6, 6.07) is 1.47. The van der Waals surface area contributed by atoms with Crippen LogP contribution in [0.3, 0.4) is 0 Å². The Kier molecular flexibility index (Phi) is 2.11. The van der Waals surface area contributed by atoms with Gasteiger partial charge >= 0.3 is 5.97 Å². The number of aldehydes is 1. The lowest BCUT2D eigenvalue weighted by Crippen LogP contribution is -2.14. The molecule has 2 heterocycles. The van der Waals surface area contributed by atoms with Gasteiger partial charge in [-0.2, -0.15) is 0 Å². The van der Waals surface area contributed by atoms with Gasteiger partial charge in [-0.05, 0) is 25.3 Å². The smallest absolute Gasteiger partial charge is 0.337 e. The normalized spacial score (nSPS) is 14.9. The first kappa shape index (κ1) is 8.99. The maximum absolute atomic E-state index is 10.9. The number of carbonyl (C=O) groups is 2. The summed E-state index contributed by atoms with van der Waals surface area (Å²) in [5.74, 6) is -0.941. The van der Waals surface area contributed by atoms with Crippen molar-refractivity contribution in [3.63, 3.8) is 0 Å². The molecule has 14 heavy (non-hydrogen) atoms. The van der Waals surface area contributed by atoms with E-state index < -0.39 is 5.97 Å². The standard InChI is InChI=1S/C10H11NO3/c12-6-7-5-8(10(13)14)9-3-1-2-4-11(7)9/h5-6H,1-4H2,(H,13,14). The number of nitrogens with zero attached hydrogens (tertiary/aromatic N) is 1. The molecule has 4 nitrogen and oxygen atoms in total.